The Balaban J connectivity index is 4.78. The van der Waals surface area contributed by atoms with Crippen LogP contribution in [-0.4, -0.2) is 76.7 Å². The normalized spacial score (nSPS) is 12.0. The lowest BCUT2D eigenvalue weighted by molar-refractivity contribution is -0.928. The van der Waals surface area contributed by atoms with E-state index in [2.05, 4.69) is 74.7 Å². The Kier molecular flexibility index (Phi) is 33.1. The lowest BCUT2D eigenvalue weighted by atomic mass is 10.2. The van der Waals surface area contributed by atoms with Gasteiger partial charge in [-0.25, -0.2) is 0 Å². The van der Waals surface area contributed by atoms with Crippen molar-refractivity contribution >= 4 is 47.0 Å². The third kappa shape index (κ3) is 27.3. The second kappa shape index (κ2) is 31.9. The lowest BCUT2D eigenvalue weighted by Gasteiger charge is -2.39. The van der Waals surface area contributed by atoms with Gasteiger partial charge in [0, 0.05) is 25.7 Å². The Morgan fingerprint density at radius 2 is 0.514 bits per heavy atom. The molecule has 0 spiro atoms. The summed E-state index contributed by atoms with van der Waals surface area (Å²) >= 11 is 8.92. The molecule has 0 amide bonds. The molecule has 0 aromatic heterocycles. The molecule has 0 unspecified atom stereocenters. The third-order valence-electron chi connectivity index (χ3n) is 7.25. The highest BCUT2D eigenvalue weighted by Crippen LogP contribution is 2.20. The molecule has 0 saturated carbocycles. The van der Waals surface area contributed by atoms with Gasteiger partial charge in [-0.2, -0.15) is 47.0 Å². The Bertz CT molecular complexity index is 344. The molecular formula is C32H68NS4+. The maximum absolute atomic E-state index is 2.32. The number of quaternary nitrogens is 1. The van der Waals surface area contributed by atoms with Crippen molar-refractivity contribution < 1.29 is 4.48 Å². The molecule has 0 heterocycles. The summed E-state index contributed by atoms with van der Waals surface area (Å²) in [5.74, 6) is 11.0. The molecular weight excluding hydrogens is 527 g/mol. The van der Waals surface area contributed by atoms with Crippen molar-refractivity contribution in [1.29, 1.82) is 0 Å². The van der Waals surface area contributed by atoms with Gasteiger partial charge in [0.1, 0.15) is 0 Å². The molecule has 37 heavy (non-hydrogen) atoms. The summed E-state index contributed by atoms with van der Waals surface area (Å²) in [4.78, 5) is 0. The molecule has 5 heteroatoms. The largest absolute Gasteiger partial charge is 0.324 e. The Morgan fingerprint density at radius 1 is 0.297 bits per heavy atom. The molecule has 0 saturated heterocycles. The second-order valence-corrected chi connectivity index (χ2v) is 15.8. The predicted octanol–water partition coefficient (Wildman–Crippen LogP) is 11.1. The van der Waals surface area contributed by atoms with Gasteiger partial charge < -0.3 is 4.48 Å². The van der Waals surface area contributed by atoms with E-state index in [0.29, 0.717) is 0 Å². The minimum Gasteiger partial charge on any atom is -0.324 e. The van der Waals surface area contributed by atoms with Gasteiger partial charge in [0.2, 0.25) is 0 Å². The standard InChI is InChI=1S/C32H68NS4/c1-5-9-13-25-34-29-17-21-33(22-18-30-35-26-14-10-6-2,23-19-31-36-27-15-11-7-3)24-20-32-37-28-16-12-8-4/h5-32H2,1-4H3/q+1. The van der Waals surface area contributed by atoms with Crippen molar-refractivity contribution in [2.75, 3.05) is 72.2 Å². The maximum atomic E-state index is 2.32. The zero-order valence-electron chi connectivity index (χ0n) is 25.9. The molecule has 0 aromatic rings. The molecule has 0 aliphatic carbocycles. The first kappa shape index (κ1) is 38.4. The van der Waals surface area contributed by atoms with Gasteiger partial charge in [-0.3, -0.25) is 0 Å². The number of hydrogen-bond donors (Lipinski definition) is 0. The Morgan fingerprint density at radius 3 is 0.730 bits per heavy atom. The molecule has 1 nitrogen and oxygen atoms in total. The number of nitrogens with zero attached hydrogens (tertiary/aromatic N) is 1. The van der Waals surface area contributed by atoms with Gasteiger partial charge in [0.15, 0.2) is 0 Å². The summed E-state index contributed by atoms with van der Waals surface area (Å²) in [6, 6.07) is 0. The highest BCUT2D eigenvalue weighted by Gasteiger charge is 2.26. The van der Waals surface area contributed by atoms with Crippen molar-refractivity contribution in [3.8, 4) is 0 Å². The zero-order chi connectivity index (χ0) is 27.1. The average Bonchev–Trinajstić information content (AvgIpc) is 2.91. The third-order valence-corrected chi connectivity index (χ3v) is 11.9. The fourth-order valence-electron chi connectivity index (χ4n) is 4.90. The van der Waals surface area contributed by atoms with E-state index in [1.807, 2.05) is 0 Å². The predicted molar refractivity (Wildman–Crippen MR) is 186 cm³/mol. The summed E-state index contributed by atoms with van der Waals surface area (Å²) in [5.41, 5.74) is 0. The van der Waals surface area contributed by atoms with Crippen LogP contribution in [0.1, 0.15) is 130 Å². The minimum atomic E-state index is 1.35. The van der Waals surface area contributed by atoms with E-state index in [-0.39, 0.29) is 0 Å². The van der Waals surface area contributed by atoms with Crippen LogP contribution in [0.2, 0.25) is 0 Å². The van der Waals surface area contributed by atoms with Crippen LogP contribution in [0.15, 0.2) is 0 Å². The highest BCUT2D eigenvalue weighted by atomic mass is 32.2. The van der Waals surface area contributed by atoms with Gasteiger partial charge >= 0.3 is 0 Å². The van der Waals surface area contributed by atoms with Gasteiger partial charge in [-0.1, -0.05) is 79.1 Å². The molecule has 0 atom stereocenters. The Hall–Kier alpha value is 1.36. The second-order valence-electron chi connectivity index (χ2n) is 10.9. The molecule has 0 rings (SSSR count). The van der Waals surface area contributed by atoms with Crippen LogP contribution in [0.4, 0.5) is 0 Å². The van der Waals surface area contributed by atoms with Crippen molar-refractivity contribution in [3.05, 3.63) is 0 Å². The van der Waals surface area contributed by atoms with E-state index in [1.54, 1.807) is 0 Å². The summed E-state index contributed by atoms with van der Waals surface area (Å²) in [5, 5.41) is 0. The fourth-order valence-corrected chi connectivity index (χ4v) is 8.69. The summed E-state index contributed by atoms with van der Waals surface area (Å²) < 4.78 is 1.43. The van der Waals surface area contributed by atoms with Crippen molar-refractivity contribution in [2.45, 2.75) is 130 Å². The van der Waals surface area contributed by atoms with Crippen LogP contribution in [-0.2, 0) is 0 Å². The summed E-state index contributed by atoms with van der Waals surface area (Å²) in [7, 11) is 0. The number of unbranched alkanes of at least 4 members (excludes halogenated alkanes) is 8. The van der Waals surface area contributed by atoms with Crippen LogP contribution in [0, 0.1) is 0 Å². The van der Waals surface area contributed by atoms with Crippen LogP contribution in [0.5, 0.6) is 0 Å². The topological polar surface area (TPSA) is 0 Å². The van der Waals surface area contributed by atoms with E-state index in [4.69, 9.17) is 0 Å². The molecule has 0 aliphatic rings. The smallest absolute Gasteiger partial charge is 0.0794 e. The SMILES string of the molecule is CCCCCSCCC[N+](CCCSCCCCC)(CCCSCCCCC)CCCSCCCCC. The number of hydrogen-bond acceptors (Lipinski definition) is 4. The van der Waals surface area contributed by atoms with Crippen LogP contribution in [0.3, 0.4) is 0 Å². The quantitative estimate of drug-likeness (QED) is 0.0561. The van der Waals surface area contributed by atoms with Gasteiger partial charge in [-0.05, 0) is 71.7 Å². The van der Waals surface area contributed by atoms with E-state index in [1.165, 1.54) is 179 Å². The van der Waals surface area contributed by atoms with Crippen molar-refractivity contribution in [1.82, 2.24) is 0 Å². The van der Waals surface area contributed by atoms with Gasteiger partial charge in [-0.15, -0.1) is 0 Å². The molecule has 0 aromatic carbocycles. The van der Waals surface area contributed by atoms with Crippen LogP contribution < -0.4 is 0 Å². The molecule has 0 N–H and O–H groups in total. The lowest BCUT2D eigenvalue weighted by Crippen LogP contribution is -2.51. The number of rotatable bonds is 32. The van der Waals surface area contributed by atoms with Gasteiger partial charge in [0.25, 0.3) is 0 Å². The monoisotopic (exact) mass is 594 g/mol. The Labute approximate surface area is 253 Å². The van der Waals surface area contributed by atoms with E-state index >= 15 is 0 Å². The van der Waals surface area contributed by atoms with Gasteiger partial charge in [0.05, 0.1) is 26.2 Å². The zero-order valence-corrected chi connectivity index (χ0v) is 29.1. The molecule has 0 bridgehead atoms. The molecule has 0 aliphatic heterocycles. The first-order valence-electron chi connectivity index (χ1n) is 16.4. The van der Waals surface area contributed by atoms with Crippen LogP contribution in [0.25, 0.3) is 0 Å². The molecule has 0 radical (unpaired) electrons. The summed E-state index contributed by atoms with van der Waals surface area (Å²) in [6.45, 7) is 15.0. The van der Waals surface area contributed by atoms with E-state index < -0.39 is 0 Å². The summed E-state index contributed by atoms with van der Waals surface area (Å²) in [6.07, 6.45) is 22.4. The van der Waals surface area contributed by atoms with E-state index in [0.717, 1.165) is 0 Å². The first-order chi connectivity index (χ1) is 18.2. The number of thioether (sulfide) groups is 4. The van der Waals surface area contributed by atoms with Crippen molar-refractivity contribution in [3.63, 3.8) is 0 Å². The van der Waals surface area contributed by atoms with Crippen molar-refractivity contribution in [2.24, 2.45) is 0 Å². The maximum Gasteiger partial charge on any atom is 0.0794 e. The first-order valence-corrected chi connectivity index (χ1v) is 21.0. The average molecular weight is 595 g/mol. The minimum absolute atomic E-state index is 1.35. The fraction of sp³-hybridized carbons (Fsp3) is 1.00. The molecule has 224 valence electrons. The van der Waals surface area contributed by atoms with Crippen LogP contribution >= 0.6 is 47.0 Å². The highest BCUT2D eigenvalue weighted by molar-refractivity contribution is 7.99. The van der Waals surface area contributed by atoms with E-state index in [9.17, 15) is 0 Å². The molecule has 0 fully saturated rings.